The van der Waals surface area contributed by atoms with Crippen molar-refractivity contribution >= 4 is 17.9 Å². The van der Waals surface area contributed by atoms with E-state index < -0.39 is 0 Å². The predicted molar refractivity (Wildman–Crippen MR) is 84.0 cm³/mol. The van der Waals surface area contributed by atoms with Crippen molar-refractivity contribution in [2.75, 3.05) is 5.73 Å². The summed E-state index contributed by atoms with van der Waals surface area (Å²) >= 11 is 0. The third-order valence-electron chi connectivity index (χ3n) is 4.06. The molecule has 0 bridgehead atoms. The maximum absolute atomic E-state index is 12.5. The minimum absolute atomic E-state index is 0.273. The molecule has 0 aliphatic heterocycles. The van der Waals surface area contributed by atoms with Crippen LogP contribution in [0.3, 0.4) is 0 Å². The highest BCUT2D eigenvalue weighted by molar-refractivity contribution is 5.82. The smallest absolute Gasteiger partial charge is 0.318 e. The number of anilines is 1. The Morgan fingerprint density at radius 1 is 1.18 bits per heavy atom. The third-order valence-corrected chi connectivity index (χ3v) is 4.06. The standard InChI is InChI=1S/C18H17NO3/c19-17-6-2-3-14-15(17)4-1-5-16(14)18(21)22-13-9-7-12(11-20)8-10-13/h2-3,6-11,16H,1,4-5,19H2. The van der Waals surface area contributed by atoms with Gasteiger partial charge in [0.15, 0.2) is 0 Å². The normalized spacial score (nSPS) is 16.6. The molecule has 2 aromatic carbocycles. The van der Waals surface area contributed by atoms with Gasteiger partial charge in [0.05, 0.1) is 5.92 Å². The molecule has 1 aliphatic rings. The van der Waals surface area contributed by atoms with E-state index in [1.807, 2.05) is 18.2 Å². The Morgan fingerprint density at radius 3 is 2.68 bits per heavy atom. The number of benzene rings is 2. The van der Waals surface area contributed by atoms with Crippen molar-refractivity contribution in [3.8, 4) is 5.75 Å². The molecule has 2 N–H and O–H groups in total. The molecular formula is C18H17NO3. The van der Waals surface area contributed by atoms with Gasteiger partial charge in [0.2, 0.25) is 0 Å². The maximum Gasteiger partial charge on any atom is 0.318 e. The van der Waals surface area contributed by atoms with E-state index in [9.17, 15) is 9.59 Å². The highest BCUT2D eigenvalue weighted by atomic mass is 16.5. The number of rotatable bonds is 3. The fourth-order valence-corrected chi connectivity index (χ4v) is 2.92. The van der Waals surface area contributed by atoms with Crippen LogP contribution in [0, 0.1) is 0 Å². The number of nitrogens with two attached hydrogens (primary N) is 1. The Kier molecular flexibility index (Phi) is 3.92. The molecule has 0 spiro atoms. The molecule has 1 unspecified atom stereocenters. The predicted octanol–water partition coefficient (Wildman–Crippen LogP) is 3.11. The molecule has 4 heteroatoms. The van der Waals surface area contributed by atoms with Gasteiger partial charge >= 0.3 is 5.97 Å². The molecule has 3 rings (SSSR count). The van der Waals surface area contributed by atoms with E-state index in [1.54, 1.807) is 24.3 Å². The third kappa shape index (κ3) is 2.72. The number of ether oxygens (including phenoxy) is 1. The molecule has 112 valence electrons. The molecule has 0 heterocycles. The Bertz CT molecular complexity index is 707. The maximum atomic E-state index is 12.5. The minimum atomic E-state index is -0.280. The van der Waals surface area contributed by atoms with Crippen LogP contribution < -0.4 is 10.5 Å². The van der Waals surface area contributed by atoms with Gasteiger partial charge in [-0.2, -0.15) is 0 Å². The second kappa shape index (κ2) is 6.02. The Morgan fingerprint density at radius 2 is 1.95 bits per heavy atom. The lowest BCUT2D eigenvalue weighted by molar-refractivity contribution is -0.136. The summed E-state index contributed by atoms with van der Waals surface area (Å²) in [5, 5.41) is 0. The first-order chi connectivity index (χ1) is 10.7. The van der Waals surface area contributed by atoms with Gasteiger partial charge in [-0.1, -0.05) is 12.1 Å². The first-order valence-corrected chi connectivity index (χ1v) is 7.33. The highest BCUT2D eigenvalue weighted by Crippen LogP contribution is 2.35. The second-order valence-electron chi connectivity index (χ2n) is 5.47. The fraction of sp³-hybridized carbons (Fsp3) is 0.222. The Labute approximate surface area is 128 Å². The molecule has 22 heavy (non-hydrogen) atoms. The first kappa shape index (κ1) is 14.3. The average Bonchev–Trinajstić information content (AvgIpc) is 2.55. The summed E-state index contributed by atoms with van der Waals surface area (Å²) in [7, 11) is 0. The van der Waals surface area contributed by atoms with E-state index in [-0.39, 0.29) is 11.9 Å². The zero-order valence-electron chi connectivity index (χ0n) is 12.1. The molecule has 0 amide bonds. The Hall–Kier alpha value is -2.62. The van der Waals surface area contributed by atoms with Crippen LogP contribution in [0.5, 0.6) is 5.75 Å². The number of fused-ring (bicyclic) bond motifs is 1. The molecular weight excluding hydrogens is 278 g/mol. The van der Waals surface area contributed by atoms with Crippen LogP contribution in [0.2, 0.25) is 0 Å². The minimum Gasteiger partial charge on any atom is -0.426 e. The van der Waals surface area contributed by atoms with Crippen molar-refractivity contribution in [1.29, 1.82) is 0 Å². The topological polar surface area (TPSA) is 69.4 Å². The van der Waals surface area contributed by atoms with Crippen molar-refractivity contribution in [1.82, 2.24) is 0 Å². The molecule has 0 aromatic heterocycles. The van der Waals surface area contributed by atoms with Gasteiger partial charge in [0.1, 0.15) is 12.0 Å². The SMILES string of the molecule is Nc1cccc2c1CCCC2C(=O)Oc1ccc(C=O)cc1. The zero-order chi connectivity index (χ0) is 15.5. The van der Waals surface area contributed by atoms with Crippen LogP contribution in [0.1, 0.15) is 40.2 Å². The van der Waals surface area contributed by atoms with E-state index in [2.05, 4.69) is 0 Å². The molecule has 1 atom stereocenters. The summed E-state index contributed by atoms with van der Waals surface area (Å²) in [5.74, 6) is -0.102. The van der Waals surface area contributed by atoms with Gasteiger partial charge < -0.3 is 10.5 Å². The number of carbonyl (C=O) groups excluding carboxylic acids is 2. The lowest BCUT2D eigenvalue weighted by Crippen LogP contribution is -2.23. The summed E-state index contributed by atoms with van der Waals surface area (Å²) in [6.07, 6.45) is 3.35. The lowest BCUT2D eigenvalue weighted by atomic mass is 9.82. The number of nitrogen functional groups attached to an aromatic ring is 1. The van der Waals surface area contributed by atoms with E-state index in [4.69, 9.17) is 10.5 Å². The van der Waals surface area contributed by atoms with Gasteiger partial charge in [-0.3, -0.25) is 9.59 Å². The van der Waals surface area contributed by atoms with E-state index in [0.717, 1.165) is 42.4 Å². The number of hydrogen-bond donors (Lipinski definition) is 1. The largest absolute Gasteiger partial charge is 0.426 e. The van der Waals surface area contributed by atoms with Crippen LogP contribution in [0.15, 0.2) is 42.5 Å². The van der Waals surface area contributed by atoms with Crippen molar-refractivity contribution in [2.45, 2.75) is 25.2 Å². The van der Waals surface area contributed by atoms with Gasteiger partial charge in [0.25, 0.3) is 0 Å². The van der Waals surface area contributed by atoms with Gasteiger partial charge in [-0.15, -0.1) is 0 Å². The van der Waals surface area contributed by atoms with Gasteiger partial charge in [0, 0.05) is 11.3 Å². The summed E-state index contributed by atoms with van der Waals surface area (Å²) in [4.78, 5) is 23.1. The van der Waals surface area contributed by atoms with Crippen LogP contribution in [-0.2, 0) is 11.2 Å². The molecule has 1 aliphatic carbocycles. The van der Waals surface area contributed by atoms with Crippen LogP contribution in [-0.4, -0.2) is 12.3 Å². The summed E-state index contributed by atoms with van der Waals surface area (Å²) in [6, 6.07) is 12.2. The van der Waals surface area contributed by atoms with Crippen LogP contribution in [0.4, 0.5) is 5.69 Å². The fourth-order valence-electron chi connectivity index (χ4n) is 2.92. The molecule has 0 saturated carbocycles. The number of hydrogen-bond acceptors (Lipinski definition) is 4. The van der Waals surface area contributed by atoms with Crippen LogP contribution >= 0.6 is 0 Å². The quantitative estimate of drug-likeness (QED) is 0.409. The summed E-state index contributed by atoms with van der Waals surface area (Å²) in [6.45, 7) is 0. The monoisotopic (exact) mass is 295 g/mol. The van der Waals surface area contributed by atoms with Crippen molar-refractivity contribution in [3.05, 3.63) is 59.2 Å². The van der Waals surface area contributed by atoms with E-state index in [1.165, 1.54) is 0 Å². The number of aldehydes is 1. The summed E-state index contributed by atoms with van der Waals surface area (Å²) < 4.78 is 5.45. The molecule has 0 radical (unpaired) electrons. The molecule has 0 saturated heterocycles. The second-order valence-corrected chi connectivity index (χ2v) is 5.47. The van der Waals surface area contributed by atoms with Crippen molar-refractivity contribution in [3.63, 3.8) is 0 Å². The molecule has 0 fully saturated rings. The highest BCUT2D eigenvalue weighted by Gasteiger charge is 2.29. The Balaban J connectivity index is 1.81. The van der Waals surface area contributed by atoms with E-state index in [0.29, 0.717) is 11.3 Å². The summed E-state index contributed by atoms with van der Waals surface area (Å²) in [5.41, 5.74) is 9.33. The average molecular weight is 295 g/mol. The molecule has 2 aromatic rings. The van der Waals surface area contributed by atoms with Crippen molar-refractivity contribution in [2.24, 2.45) is 0 Å². The molecule has 4 nitrogen and oxygen atoms in total. The van der Waals surface area contributed by atoms with Gasteiger partial charge in [-0.25, -0.2) is 0 Å². The zero-order valence-corrected chi connectivity index (χ0v) is 12.1. The van der Waals surface area contributed by atoms with Crippen molar-refractivity contribution < 1.29 is 14.3 Å². The number of carbonyl (C=O) groups is 2. The van der Waals surface area contributed by atoms with Gasteiger partial charge in [-0.05, 0) is 60.7 Å². The van der Waals surface area contributed by atoms with E-state index >= 15 is 0 Å². The lowest BCUT2D eigenvalue weighted by Gasteiger charge is -2.25. The number of esters is 1. The first-order valence-electron chi connectivity index (χ1n) is 7.33. The van der Waals surface area contributed by atoms with Crippen LogP contribution in [0.25, 0.3) is 0 Å².